The number of nitrogens with one attached hydrogen (secondary N) is 1. The Morgan fingerprint density at radius 3 is 2.90 bits per heavy atom. The quantitative estimate of drug-likeness (QED) is 0.788. The molecule has 0 amide bonds. The zero-order valence-electron chi connectivity index (χ0n) is 11.6. The Morgan fingerprint density at radius 2 is 2.19 bits per heavy atom. The lowest BCUT2D eigenvalue weighted by Crippen LogP contribution is -2.46. The third-order valence-electron chi connectivity index (χ3n) is 4.23. The number of aromatic nitrogens is 1. The highest BCUT2D eigenvalue weighted by Crippen LogP contribution is 2.33. The van der Waals surface area contributed by atoms with Crippen molar-refractivity contribution in [2.75, 3.05) is 13.6 Å². The lowest BCUT2D eigenvalue weighted by Gasteiger charge is -2.38. The molecule has 1 aliphatic heterocycles. The van der Waals surface area contributed by atoms with Gasteiger partial charge in [0.25, 0.3) is 0 Å². The summed E-state index contributed by atoms with van der Waals surface area (Å²) in [5.74, 6) is -2.06. The molecule has 1 fully saturated rings. The molecule has 0 spiro atoms. The molecule has 5 nitrogen and oxygen atoms in total. The van der Waals surface area contributed by atoms with Crippen molar-refractivity contribution in [2.45, 2.75) is 18.6 Å². The van der Waals surface area contributed by atoms with E-state index in [9.17, 15) is 14.3 Å². The molecule has 3 N–H and O–H groups in total. The molecule has 1 aromatic carbocycles. The number of carboxylic acid groups (broad SMARTS) is 1. The number of H-pyrrole nitrogens is 1. The number of likely N-dealkylation sites (tertiary alicyclic amines) is 1. The number of piperidine rings is 1. The monoisotopic (exact) mass is 292 g/mol. The Balaban J connectivity index is 1.90. The second-order valence-electron chi connectivity index (χ2n) is 5.66. The van der Waals surface area contributed by atoms with Gasteiger partial charge in [-0.3, -0.25) is 9.69 Å². The van der Waals surface area contributed by atoms with Gasteiger partial charge in [0.15, 0.2) is 0 Å². The number of aliphatic hydroxyl groups excluding tert-OH is 1. The average molecular weight is 292 g/mol. The molecule has 0 saturated carbocycles. The largest absolute Gasteiger partial charge is 0.481 e. The van der Waals surface area contributed by atoms with E-state index in [2.05, 4.69) is 4.98 Å². The van der Waals surface area contributed by atoms with Crippen LogP contribution >= 0.6 is 0 Å². The molecule has 2 heterocycles. The molecule has 3 unspecified atom stereocenters. The van der Waals surface area contributed by atoms with Crippen LogP contribution in [0.15, 0.2) is 24.3 Å². The number of hydrogen-bond acceptors (Lipinski definition) is 3. The maximum absolute atomic E-state index is 13.2. The Morgan fingerprint density at radius 1 is 1.43 bits per heavy atom. The minimum absolute atomic E-state index is 0.105. The number of halogens is 1. The minimum Gasteiger partial charge on any atom is -0.481 e. The molecule has 1 aliphatic rings. The maximum Gasteiger partial charge on any atom is 0.310 e. The van der Waals surface area contributed by atoms with Gasteiger partial charge in [0.1, 0.15) is 5.82 Å². The van der Waals surface area contributed by atoms with Crippen LogP contribution in [0.25, 0.3) is 10.9 Å². The minimum atomic E-state index is -0.980. The predicted octanol–water partition coefficient (Wildman–Crippen LogP) is 1.75. The molecule has 2 aromatic rings. The second kappa shape index (κ2) is 5.13. The average Bonchev–Trinajstić information content (AvgIpc) is 2.83. The first-order valence-corrected chi connectivity index (χ1v) is 6.85. The van der Waals surface area contributed by atoms with Gasteiger partial charge < -0.3 is 15.2 Å². The molecule has 1 aromatic heterocycles. The first-order chi connectivity index (χ1) is 9.95. The Labute approximate surface area is 121 Å². The van der Waals surface area contributed by atoms with Gasteiger partial charge in [-0.15, -0.1) is 0 Å². The number of aliphatic carboxylic acids is 1. The number of benzene rings is 1. The topological polar surface area (TPSA) is 76.6 Å². The zero-order chi connectivity index (χ0) is 15.1. The lowest BCUT2D eigenvalue weighted by atomic mass is 9.89. The van der Waals surface area contributed by atoms with Crippen molar-refractivity contribution in [1.29, 1.82) is 0 Å². The van der Waals surface area contributed by atoms with Crippen molar-refractivity contribution in [1.82, 2.24) is 9.88 Å². The van der Waals surface area contributed by atoms with Crippen LogP contribution in [-0.2, 0) is 4.79 Å². The van der Waals surface area contributed by atoms with E-state index in [1.807, 2.05) is 18.0 Å². The number of aliphatic hydroxyl groups is 1. The fourth-order valence-corrected chi connectivity index (χ4v) is 3.04. The standard InChI is InChI=1S/C15H17FN2O3/c1-18-7-10(15(20)21)14(19)6-13(18)12-4-8-2-3-9(16)5-11(8)17-12/h2-5,10,13-14,17,19H,6-7H2,1H3,(H,20,21). The Hall–Kier alpha value is -1.92. The first-order valence-electron chi connectivity index (χ1n) is 6.85. The van der Waals surface area contributed by atoms with E-state index in [1.54, 1.807) is 6.07 Å². The summed E-state index contributed by atoms with van der Waals surface area (Å²) in [6.45, 7) is 0.283. The molecule has 3 rings (SSSR count). The summed E-state index contributed by atoms with van der Waals surface area (Å²) in [4.78, 5) is 16.2. The number of fused-ring (bicyclic) bond motifs is 1. The van der Waals surface area contributed by atoms with E-state index in [1.165, 1.54) is 12.1 Å². The van der Waals surface area contributed by atoms with Crippen molar-refractivity contribution in [2.24, 2.45) is 5.92 Å². The number of nitrogens with zero attached hydrogens (tertiary/aromatic N) is 1. The van der Waals surface area contributed by atoms with E-state index in [4.69, 9.17) is 5.11 Å². The lowest BCUT2D eigenvalue weighted by molar-refractivity contribution is -0.150. The summed E-state index contributed by atoms with van der Waals surface area (Å²) in [6, 6.07) is 6.34. The fraction of sp³-hybridized carbons (Fsp3) is 0.400. The van der Waals surface area contributed by atoms with Gasteiger partial charge in [-0.2, -0.15) is 0 Å². The van der Waals surface area contributed by atoms with Gasteiger partial charge in [-0.25, -0.2) is 4.39 Å². The highest BCUT2D eigenvalue weighted by atomic mass is 19.1. The van der Waals surface area contributed by atoms with Crippen molar-refractivity contribution >= 4 is 16.9 Å². The highest BCUT2D eigenvalue weighted by molar-refractivity contribution is 5.80. The number of carboxylic acids is 1. The van der Waals surface area contributed by atoms with Crippen LogP contribution in [0.2, 0.25) is 0 Å². The van der Waals surface area contributed by atoms with E-state index in [0.29, 0.717) is 11.9 Å². The second-order valence-corrected chi connectivity index (χ2v) is 5.66. The number of rotatable bonds is 2. The molecule has 6 heteroatoms. The van der Waals surface area contributed by atoms with Crippen molar-refractivity contribution in [3.63, 3.8) is 0 Å². The molecule has 3 atom stereocenters. The molecular formula is C15H17FN2O3. The van der Waals surface area contributed by atoms with E-state index >= 15 is 0 Å². The molecular weight excluding hydrogens is 275 g/mol. The van der Waals surface area contributed by atoms with Crippen LogP contribution in [0.4, 0.5) is 4.39 Å². The van der Waals surface area contributed by atoms with Crippen molar-refractivity contribution < 1.29 is 19.4 Å². The smallest absolute Gasteiger partial charge is 0.310 e. The van der Waals surface area contributed by atoms with Crippen LogP contribution < -0.4 is 0 Å². The van der Waals surface area contributed by atoms with Crippen LogP contribution in [-0.4, -0.2) is 45.8 Å². The zero-order valence-corrected chi connectivity index (χ0v) is 11.6. The fourth-order valence-electron chi connectivity index (χ4n) is 3.04. The first kappa shape index (κ1) is 14.0. The van der Waals surface area contributed by atoms with Gasteiger partial charge in [0.2, 0.25) is 0 Å². The molecule has 112 valence electrons. The SMILES string of the molecule is CN1CC(C(=O)O)C(O)CC1c1cc2ccc(F)cc2[nH]1. The summed E-state index contributed by atoms with van der Waals surface area (Å²) in [5.41, 5.74) is 1.56. The number of hydrogen-bond donors (Lipinski definition) is 3. The Bertz CT molecular complexity index is 685. The molecule has 1 saturated heterocycles. The van der Waals surface area contributed by atoms with Crippen molar-refractivity contribution in [3.05, 3.63) is 35.8 Å². The molecule has 0 bridgehead atoms. The third-order valence-corrected chi connectivity index (χ3v) is 4.23. The van der Waals surface area contributed by atoms with Gasteiger partial charge in [-0.05, 0) is 43.1 Å². The van der Waals surface area contributed by atoms with Crippen molar-refractivity contribution in [3.8, 4) is 0 Å². The summed E-state index contributed by atoms with van der Waals surface area (Å²) in [6.07, 6.45) is -0.546. The van der Waals surface area contributed by atoms with Gasteiger partial charge in [0.05, 0.1) is 18.1 Å². The Kier molecular flexibility index (Phi) is 3.43. The highest BCUT2D eigenvalue weighted by Gasteiger charge is 2.38. The van der Waals surface area contributed by atoms with Crippen LogP contribution in [0.3, 0.4) is 0 Å². The molecule has 0 aliphatic carbocycles. The summed E-state index contributed by atoms with van der Waals surface area (Å²) < 4.78 is 13.2. The molecule has 0 radical (unpaired) electrons. The van der Waals surface area contributed by atoms with Gasteiger partial charge >= 0.3 is 5.97 Å². The normalized spacial score (nSPS) is 27.1. The summed E-state index contributed by atoms with van der Waals surface area (Å²) in [7, 11) is 1.83. The predicted molar refractivity (Wildman–Crippen MR) is 75.4 cm³/mol. The van der Waals surface area contributed by atoms with Crippen LogP contribution in [0.1, 0.15) is 18.2 Å². The van der Waals surface area contributed by atoms with E-state index in [-0.39, 0.29) is 18.4 Å². The third kappa shape index (κ3) is 2.52. The summed E-state index contributed by atoms with van der Waals surface area (Å²) in [5, 5.41) is 20.0. The maximum atomic E-state index is 13.2. The van der Waals surface area contributed by atoms with Crippen LogP contribution in [0, 0.1) is 11.7 Å². The number of aromatic amines is 1. The van der Waals surface area contributed by atoms with Crippen LogP contribution in [0.5, 0.6) is 0 Å². The van der Waals surface area contributed by atoms with Gasteiger partial charge in [0, 0.05) is 17.8 Å². The molecule has 21 heavy (non-hydrogen) atoms. The van der Waals surface area contributed by atoms with E-state index < -0.39 is 18.0 Å². The van der Waals surface area contributed by atoms with Gasteiger partial charge in [-0.1, -0.05) is 0 Å². The van der Waals surface area contributed by atoms with E-state index in [0.717, 1.165) is 11.1 Å². The number of carbonyl (C=O) groups is 1. The summed E-state index contributed by atoms with van der Waals surface area (Å²) >= 11 is 0.